The maximum absolute atomic E-state index is 12.5. The zero-order valence-corrected chi connectivity index (χ0v) is 47.9. The number of hydrogen-bond donors (Lipinski definition) is 6. The minimum atomic E-state index is -0.898. The number of aromatic nitrogens is 1. The molecule has 0 aliphatic rings. The van der Waals surface area contributed by atoms with Crippen LogP contribution in [0.1, 0.15) is 203 Å². The smallest absolute Gasteiger partial charge is 0.452 e. The van der Waals surface area contributed by atoms with Gasteiger partial charge in [0.15, 0.2) is 5.58 Å². The molecule has 21 nitrogen and oxygen atoms in total. The summed E-state index contributed by atoms with van der Waals surface area (Å²) >= 11 is 0. The van der Waals surface area contributed by atoms with Gasteiger partial charge in [-0.25, -0.2) is 24.5 Å². The second-order valence-corrected chi connectivity index (χ2v) is 18.7. The predicted molar refractivity (Wildman–Crippen MR) is 291 cm³/mol. The number of ether oxygens (including phenoxy) is 3. The van der Waals surface area contributed by atoms with Crippen LogP contribution in [0, 0.1) is 0 Å². The summed E-state index contributed by atoms with van der Waals surface area (Å²) in [5, 5.41) is 68.2. The van der Waals surface area contributed by atoms with Crippen molar-refractivity contribution in [1.82, 2.24) is 14.7 Å². The van der Waals surface area contributed by atoms with Crippen molar-refractivity contribution in [2.75, 3.05) is 13.2 Å². The summed E-state index contributed by atoms with van der Waals surface area (Å²) in [5.74, 6) is -1.95. The highest BCUT2D eigenvalue weighted by molar-refractivity contribution is 5.98. The van der Waals surface area contributed by atoms with Gasteiger partial charge in [-0.15, -0.1) is 0 Å². The van der Waals surface area contributed by atoms with Gasteiger partial charge in [-0.3, -0.25) is 29.4 Å². The summed E-state index contributed by atoms with van der Waals surface area (Å²) in [6.07, 6.45) is 6.73. The summed E-state index contributed by atoms with van der Waals surface area (Å²) in [7, 11) is 0. The van der Waals surface area contributed by atoms with Crippen molar-refractivity contribution in [3.8, 4) is 28.7 Å². The number of carbonyl (C=O) groups is 5. The van der Waals surface area contributed by atoms with E-state index in [9.17, 15) is 59.6 Å². The molecule has 0 saturated carbocycles. The zero-order chi connectivity index (χ0) is 58.9. The Morgan fingerprint density at radius 3 is 1.34 bits per heavy atom. The first-order valence-electron chi connectivity index (χ1n) is 26.6. The maximum atomic E-state index is 12.5. The Labute approximate surface area is 452 Å². The van der Waals surface area contributed by atoms with Crippen molar-refractivity contribution in [2.24, 2.45) is 10.2 Å². The first-order valence-corrected chi connectivity index (χ1v) is 26.6. The molecule has 1 heterocycles. The molecular weight excluding hydrogens is 999 g/mol. The summed E-state index contributed by atoms with van der Waals surface area (Å²) in [6.45, 7) is 27.5. The van der Waals surface area contributed by atoms with E-state index >= 15 is 0 Å². The molecule has 0 fully saturated rings. The zero-order valence-electron chi connectivity index (χ0n) is 47.9. The van der Waals surface area contributed by atoms with Gasteiger partial charge in [0.1, 0.15) is 28.7 Å². The van der Waals surface area contributed by atoms with Crippen molar-refractivity contribution in [2.45, 2.75) is 199 Å². The Morgan fingerprint density at radius 1 is 0.558 bits per heavy atom. The van der Waals surface area contributed by atoms with Gasteiger partial charge in [-0.1, -0.05) is 90.3 Å². The van der Waals surface area contributed by atoms with E-state index in [4.69, 9.17) is 9.15 Å². The third-order valence-electron chi connectivity index (χ3n) is 11.4. The monoisotopic (exact) mass is 1080 g/mol. The van der Waals surface area contributed by atoms with Gasteiger partial charge in [0.2, 0.25) is 0 Å². The number of hydroxylamine groups is 4. The van der Waals surface area contributed by atoms with Crippen LogP contribution in [0.3, 0.4) is 0 Å². The van der Waals surface area contributed by atoms with Crippen molar-refractivity contribution in [1.29, 1.82) is 0 Å². The highest BCUT2D eigenvalue weighted by Crippen LogP contribution is 2.39. The van der Waals surface area contributed by atoms with E-state index in [2.05, 4.69) is 33.5 Å². The lowest BCUT2D eigenvalue weighted by atomic mass is 9.96. The van der Waals surface area contributed by atoms with Gasteiger partial charge in [-0.2, -0.15) is 0 Å². The highest BCUT2D eigenvalue weighted by atomic mass is 16.6. The molecule has 1 aromatic heterocycles. The topological polar surface area (TPSA) is 301 Å². The fourth-order valence-electron chi connectivity index (χ4n) is 7.85. The van der Waals surface area contributed by atoms with Crippen LogP contribution in [0.5, 0.6) is 28.7 Å². The van der Waals surface area contributed by atoms with Crippen molar-refractivity contribution >= 4 is 41.1 Å². The van der Waals surface area contributed by atoms with Crippen LogP contribution in [0.4, 0.5) is 9.59 Å². The van der Waals surface area contributed by atoms with Crippen molar-refractivity contribution in [3.05, 3.63) is 73.3 Å². The molecule has 3 aromatic carbocycles. The third-order valence-corrected chi connectivity index (χ3v) is 11.4. The summed E-state index contributed by atoms with van der Waals surface area (Å²) in [4.78, 5) is 69.1. The number of amides is 4. The molecule has 0 unspecified atom stereocenters. The van der Waals surface area contributed by atoms with Crippen LogP contribution < -0.4 is 10.5 Å². The van der Waals surface area contributed by atoms with Gasteiger partial charge in [-0.05, 0) is 129 Å². The number of phenolic OH excluding ortho intramolecular Hbond substituents is 4. The first-order chi connectivity index (χ1) is 36.3. The predicted octanol–water partition coefficient (Wildman–Crippen LogP) is 12.2. The molecule has 0 atom stereocenters. The van der Waals surface area contributed by atoms with Crippen LogP contribution in [-0.4, -0.2) is 101 Å². The van der Waals surface area contributed by atoms with Gasteiger partial charge in [0.05, 0.1) is 41.9 Å². The molecule has 0 bridgehead atoms. The fraction of sp³-hybridized carbons (Fsp3) is 0.571. The largest absolute Gasteiger partial charge is 0.507 e. The molecule has 77 heavy (non-hydrogen) atoms. The molecule has 6 N–H and O–H groups in total. The second kappa shape index (κ2) is 33.9. The molecule has 4 aromatic rings. The molecule has 4 rings (SSSR count). The molecule has 0 spiro atoms. The Bertz CT molecular complexity index is 2650. The van der Waals surface area contributed by atoms with E-state index in [0.29, 0.717) is 88.0 Å². The number of phenols is 4. The van der Waals surface area contributed by atoms with E-state index in [1.54, 1.807) is 46.1 Å². The number of hydrogen-bond acceptors (Lipinski definition) is 16. The van der Waals surface area contributed by atoms with Crippen LogP contribution in [-0.2, 0) is 52.8 Å². The van der Waals surface area contributed by atoms with E-state index in [1.165, 1.54) is 19.1 Å². The van der Waals surface area contributed by atoms with Crippen LogP contribution in [0.2, 0.25) is 0 Å². The van der Waals surface area contributed by atoms with Gasteiger partial charge >= 0.3 is 23.9 Å². The quantitative estimate of drug-likeness (QED) is 0.0158. The van der Waals surface area contributed by atoms with Gasteiger partial charge in [0, 0.05) is 29.7 Å². The number of nitrogens with zero attached hydrogens (tertiary/aromatic N) is 5. The number of aromatic hydroxyl groups is 4. The minimum absolute atomic E-state index is 0.0222. The van der Waals surface area contributed by atoms with E-state index in [-0.39, 0.29) is 53.4 Å². The Hall–Kier alpha value is -7.00. The molecule has 0 aliphatic carbocycles. The first kappa shape index (κ1) is 68.0. The number of benzene rings is 3. The standard InChI is InChI=1S/C18H27NO5.C16H25NO4.C16H23NO3.C6H10N2O4/c1-6-8-13-10-15(18(22)19(23)11(3)4)16(21)14(9-7-2)17(13)24-12(5)20;1-5-7-11-9-13(16(20)17(21)10(3)4)15(19)12(8-6-2)14(11)18;1-5-7-11-9-13-15(12(8-6-2)14(11)18)20-16(19)17(13)10(3)4;1-3-11-5(9)7-8-6(10)12-4-2/h10-11,21,23H,6-9H2,1-5H3;9-10,18-19,21H,5-8H2,1-4H3;9-10,18H,5-8H2,1-4H3;3-4H2,1-2H3. The number of azo groups is 1. The average Bonchev–Trinajstić information content (AvgIpc) is 3.71. The molecular formula is C56H85N5O16. The molecule has 4 amide bonds. The molecule has 21 heteroatoms. The Morgan fingerprint density at radius 2 is 0.935 bits per heavy atom. The van der Waals surface area contributed by atoms with Gasteiger partial charge < -0.3 is 39.1 Å². The van der Waals surface area contributed by atoms with Gasteiger partial charge in [0.25, 0.3) is 11.8 Å². The number of fused-ring (bicyclic) bond motifs is 1. The Kier molecular flexibility index (Phi) is 30.0. The SMILES string of the molecule is CCCc1cc(C(=O)N(O)C(C)C)c(O)c(CCC)c1O.CCCc1cc(C(=O)N(O)C(C)C)c(O)c(CCC)c1OC(C)=O.CCCc1cc2c(oc(=O)n2C(C)C)c(CCC)c1O.CCOC(=O)N=NC(=O)OCC. The van der Waals surface area contributed by atoms with E-state index in [0.717, 1.165) is 55.2 Å². The molecule has 0 radical (unpaired) electrons. The fourth-order valence-corrected chi connectivity index (χ4v) is 7.85. The third kappa shape index (κ3) is 19.5. The maximum Gasteiger partial charge on any atom is 0.452 e. The molecule has 0 saturated heterocycles. The second-order valence-electron chi connectivity index (χ2n) is 18.7. The minimum Gasteiger partial charge on any atom is -0.507 e. The van der Waals surface area contributed by atoms with Crippen LogP contribution >= 0.6 is 0 Å². The molecule has 430 valence electrons. The summed E-state index contributed by atoms with van der Waals surface area (Å²) in [6, 6.07) is 4.10. The number of esters is 1. The number of carbonyl (C=O) groups excluding carboxylic acids is 5. The lowest BCUT2D eigenvalue weighted by molar-refractivity contribution is -0.132. The van der Waals surface area contributed by atoms with Crippen LogP contribution in [0.15, 0.2) is 37.6 Å². The average molecular weight is 1080 g/mol. The summed E-state index contributed by atoms with van der Waals surface area (Å²) in [5.41, 5.74) is 5.18. The normalized spacial score (nSPS) is 10.9. The number of oxazole rings is 1. The molecule has 0 aliphatic heterocycles. The number of rotatable bonds is 20. The number of aryl methyl sites for hydroxylation is 4. The lowest BCUT2D eigenvalue weighted by Gasteiger charge is -2.22. The van der Waals surface area contributed by atoms with Crippen LogP contribution in [0.25, 0.3) is 11.1 Å². The van der Waals surface area contributed by atoms with E-state index < -0.39 is 42.1 Å². The van der Waals surface area contributed by atoms with E-state index in [1.807, 2.05) is 47.6 Å². The Balaban J connectivity index is 0.000000526. The van der Waals surface area contributed by atoms with Crippen molar-refractivity contribution < 1.29 is 73.4 Å². The highest BCUT2D eigenvalue weighted by Gasteiger charge is 2.28. The summed E-state index contributed by atoms with van der Waals surface area (Å²) < 4.78 is 21.1. The lowest BCUT2D eigenvalue weighted by Crippen LogP contribution is -2.34. The van der Waals surface area contributed by atoms with Crippen molar-refractivity contribution in [3.63, 3.8) is 0 Å².